The van der Waals surface area contributed by atoms with Gasteiger partial charge in [-0.15, -0.1) is 0 Å². The molecule has 1 atom stereocenters. The highest BCUT2D eigenvalue weighted by molar-refractivity contribution is 5.57. The number of aromatic nitrogens is 2. The van der Waals surface area contributed by atoms with Crippen LogP contribution in [0.5, 0.6) is 0 Å². The van der Waals surface area contributed by atoms with E-state index < -0.39 is 0 Å². The number of nitrogens with one attached hydrogen (secondary N) is 2. The van der Waals surface area contributed by atoms with Crippen LogP contribution in [0.25, 0.3) is 0 Å². The Hall–Kier alpha value is -2.14. The maximum absolute atomic E-state index is 5.48. The fourth-order valence-electron chi connectivity index (χ4n) is 2.25. The van der Waals surface area contributed by atoms with E-state index in [1.165, 1.54) is 11.9 Å². The van der Waals surface area contributed by atoms with Crippen LogP contribution in [-0.4, -0.2) is 16.0 Å². The second-order valence-corrected chi connectivity index (χ2v) is 4.78. The molecule has 106 valence electrons. The van der Waals surface area contributed by atoms with Crippen molar-refractivity contribution in [2.45, 2.75) is 32.7 Å². The molecule has 2 aromatic rings. The zero-order valence-corrected chi connectivity index (χ0v) is 11.9. The van der Waals surface area contributed by atoms with Crippen LogP contribution in [0, 0.1) is 0 Å². The summed E-state index contributed by atoms with van der Waals surface area (Å²) in [6, 6.07) is 10.7. The average Bonchev–Trinajstić information content (AvgIpc) is 2.47. The molecule has 0 saturated carbocycles. The summed E-state index contributed by atoms with van der Waals surface area (Å²) < 4.78 is 0. The first-order chi connectivity index (χ1) is 9.74. The van der Waals surface area contributed by atoms with Crippen molar-refractivity contribution in [2.24, 2.45) is 5.84 Å². The highest BCUT2D eigenvalue weighted by Crippen LogP contribution is 2.20. The third-order valence-electron chi connectivity index (χ3n) is 3.20. The molecule has 0 aliphatic heterocycles. The van der Waals surface area contributed by atoms with Gasteiger partial charge >= 0.3 is 0 Å². The number of benzene rings is 1. The van der Waals surface area contributed by atoms with Crippen LogP contribution in [0.15, 0.2) is 36.7 Å². The Kier molecular flexibility index (Phi) is 4.90. The van der Waals surface area contributed by atoms with E-state index in [-0.39, 0.29) is 6.04 Å². The summed E-state index contributed by atoms with van der Waals surface area (Å²) in [6.07, 6.45) is 3.28. The molecule has 20 heavy (non-hydrogen) atoms. The first kappa shape index (κ1) is 14.3. The number of hydrazine groups is 1. The standard InChI is InChI=1S/C15H21N5/c1-3-13-14(17-10-18-15(13)20-16)19-11(2)9-12-7-5-4-6-8-12/h4-8,10-11H,3,9,16H2,1-2H3,(H2,17,18,19,20). The number of anilines is 2. The molecule has 1 unspecified atom stereocenters. The van der Waals surface area contributed by atoms with Crippen molar-refractivity contribution < 1.29 is 0 Å². The van der Waals surface area contributed by atoms with E-state index in [0.29, 0.717) is 5.82 Å². The smallest absolute Gasteiger partial charge is 0.148 e. The SMILES string of the molecule is CCc1c(NN)ncnc1NC(C)Cc1ccccc1. The molecule has 0 aliphatic rings. The maximum Gasteiger partial charge on any atom is 0.148 e. The molecule has 0 amide bonds. The summed E-state index contributed by atoms with van der Waals surface area (Å²) >= 11 is 0. The molecule has 0 bridgehead atoms. The Morgan fingerprint density at radius 2 is 1.85 bits per heavy atom. The lowest BCUT2D eigenvalue weighted by molar-refractivity contribution is 0.780. The second kappa shape index (κ2) is 6.86. The first-order valence-electron chi connectivity index (χ1n) is 6.85. The van der Waals surface area contributed by atoms with Crippen molar-refractivity contribution in [3.8, 4) is 0 Å². The predicted octanol–water partition coefficient (Wildman–Crippen LogP) is 2.37. The molecule has 0 aliphatic carbocycles. The lowest BCUT2D eigenvalue weighted by atomic mass is 10.1. The highest BCUT2D eigenvalue weighted by atomic mass is 15.3. The average molecular weight is 271 g/mol. The fraction of sp³-hybridized carbons (Fsp3) is 0.333. The van der Waals surface area contributed by atoms with Crippen LogP contribution in [0.2, 0.25) is 0 Å². The third kappa shape index (κ3) is 3.45. The summed E-state index contributed by atoms with van der Waals surface area (Å²) in [5.74, 6) is 7.01. The van der Waals surface area contributed by atoms with Gasteiger partial charge in [0.15, 0.2) is 0 Å². The van der Waals surface area contributed by atoms with Crippen LogP contribution in [0.4, 0.5) is 11.6 Å². The van der Waals surface area contributed by atoms with Crippen LogP contribution in [0.1, 0.15) is 25.0 Å². The molecule has 0 fully saturated rings. The van der Waals surface area contributed by atoms with Gasteiger partial charge < -0.3 is 10.7 Å². The van der Waals surface area contributed by atoms with E-state index in [1.807, 2.05) is 6.07 Å². The third-order valence-corrected chi connectivity index (χ3v) is 3.20. The minimum absolute atomic E-state index is 0.281. The molecule has 0 spiro atoms. The van der Waals surface area contributed by atoms with Gasteiger partial charge in [0.2, 0.25) is 0 Å². The molecular formula is C15H21N5. The Bertz CT molecular complexity index is 541. The molecular weight excluding hydrogens is 250 g/mol. The zero-order chi connectivity index (χ0) is 14.4. The van der Waals surface area contributed by atoms with Gasteiger partial charge in [0.25, 0.3) is 0 Å². The summed E-state index contributed by atoms with van der Waals surface area (Å²) in [4.78, 5) is 8.45. The van der Waals surface area contributed by atoms with Gasteiger partial charge in [-0.1, -0.05) is 37.3 Å². The zero-order valence-electron chi connectivity index (χ0n) is 11.9. The molecule has 4 N–H and O–H groups in total. The number of rotatable bonds is 6. The minimum Gasteiger partial charge on any atom is -0.367 e. The normalized spacial score (nSPS) is 11.9. The topological polar surface area (TPSA) is 75.9 Å². The quantitative estimate of drug-likeness (QED) is 0.555. The number of nitrogen functional groups attached to an aromatic ring is 1. The highest BCUT2D eigenvalue weighted by Gasteiger charge is 2.11. The van der Waals surface area contributed by atoms with E-state index in [1.54, 1.807) is 0 Å². The maximum atomic E-state index is 5.48. The Balaban J connectivity index is 2.09. The van der Waals surface area contributed by atoms with E-state index >= 15 is 0 Å². The van der Waals surface area contributed by atoms with Crippen molar-refractivity contribution in [1.29, 1.82) is 0 Å². The number of hydrogen-bond donors (Lipinski definition) is 3. The molecule has 1 aromatic heterocycles. The number of hydrogen-bond acceptors (Lipinski definition) is 5. The van der Waals surface area contributed by atoms with E-state index in [0.717, 1.165) is 24.2 Å². The van der Waals surface area contributed by atoms with Gasteiger partial charge in [-0.25, -0.2) is 15.8 Å². The number of nitrogens with two attached hydrogens (primary N) is 1. The largest absolute Gasteiger partial charge is 0.367 e. The minimum atomic E-state index is 0.281. The van der Waals surface area contributed by atoms with Crippen LogP contribution in [-0.2, 0) is 12.8 Å². The summed E-state index contributed by atoms with van der Waals surface area (Å²) in [6.45, 7) is 4.21. The van der Waals surface area contributed by atoms with Crippen LogP contribution < -0.4 is 16.6 Å². The van der Waals surface area contributed by atoms with Crippen molar-refractivity contribution >= 4 is 11.6 Å². The van der Waals surface area contributed by atoms with Crippen LogP contribution in [0.3, 0.4) is 0 Å². The molecule has 1 heterocycles. The Morgan fingerprint density at radius 1 is 1.15 bits per heavy atom. The van der Waals surface area contributed by atoms with Crippen molar-refractivity contribution in [3.63, 3.8) is 0 Å². The summed E-state index contributed by atoms with van der Waals surface area (Å²) in [5.41, 5.74) is 4.93. The molecule has 5 nitrogen and oxygen atoms in total. The van der Waals surface area contributed by atoms with Crippen molar-refractivity contribution in [3.05, 3.63) is 47.8 Å². The molecule has 0 radical (unpaired) electrons. The van der Waals surface area contributed by atoms with Gasteiger partial charge in [-0.3, -0.25) is 0 Å². The van der Waals surface area contributed by atoms with E-state index in [4.69, 9.17) is 5.84 Å². The first-order valence-corrected chi connectivity index (χ1v) is 6.85. The molecule has 5 heteroatoms. The van der Waals surface area contributed by atoms with Gasteiger partial charge in [0, 0.05) is 11.6 Å². The van der Waals surface area contributed by atoms with Crippen LogP contribution >= 0.6 is 0 Å². The fourth-order valence-corrected chi connectivity index (χ4v) is 2.25. The van der Waals surface area contributed by atoms with Gasteiger partial charge in [-0.2, -0.15) is 0 Å². The summed E-state index contributed by atoms with van der Waals surface area (Å²) in [5, 5.41) is 3.44. The van der Waals surface area contributed by atoms with Crippen molar-refractivity contribution in [2.75, 3.05) is 10.7 Å². The summed E-state index contributed by atoms with van der Waals surface area (Å²) in [7, 11) is 0. The van der Waals surface area contributed by atoms with Gasteiger partial charge in [0.1, 0.15) is 18.0 Å². The van der Waals surface area contributed by atoms with E-state index in [2.05, 4.69) is 58.8 Å². The molecule has 0 saturated heterocycles. The van der Waals surface area contributed by atoms with Gasteiger partial charge in [-0.05, 0) is 25.3 Å². The van der Waals surface area contributed by atoms with Gasteiger partial charge in [0.05, 0.1) is 0 Å². The second-order valence-electron chi connectivity index (χ2n) is 4.78. The van der Waals surface area contributed by atoms with E-state index in [9.17, 15) is 0 Å². The number of nitrogens with zero attached hydrogens (tertiary/aromatic N) is 2. The Labute approximate surface area is 119 Å². The molecule has 2 rings (SSSR count). The Morgan fingerprint density at radius 3 is 2.50 bits per heavy atom. The predicted molar refractivity (Wildman–Crippen MR) is 82.5 cm³/mol. The lowest BCUT2D eigenvalue weighted by Gasteiger charge is -2.18. The molecule has 1 aromatic carbocycles. The lowest BCUT2D eigenvalue weighted by Crippen LogP contribution is -2.21. The monoisotopic (exact) mass is 271 g/mol. The van der Waals surface area contributed by atoms with Crippen molar-refractivity contribution in [1.82, 2.24) is 9.97 Å².